The highest BCUT2D eigenvalue weighted by Gasteiger charge is 2.11. The maximum atomic E-state index is 12.2. The van der Waals surface area contributed by atoms with Crippen LogP contribution in [0.4, 0.5) is 0 Å². The minimum atomic E-state index is 0.0370. The molecule has 1 heterocycles. The van der Waals surface area contributed by atoms with E-state index in [-0.39, 0.29) is 11.6 Å². The summed E-state index contributed by atoms with van der Waals surface area (Å²) in [6.45, 7) is 6.04. The van der Waals surface area contributed by atoms with E-state index < -0.39 is 0 Å². The fourth-order valence-electron chi connectivity index (χ4n) is 1.71. The molecule has 1 atom stereocenters. The van der Waals surface area contributed by atoms with Gasteiger partial charge in [0.15, 0.2) is 0 Å². The van der Waals surface area contributed by atoms with Crippen LogP contribution in [-0.2, 0) is 0 Å². The normalized spacial score (nSPS) is 18.6. The molecule has 0 spiro atoms. The lowest BCUT2D eigenvalue weighted by Gasteiger charge is -2.10. The zero-order valence-electron chi connectivity index (χ0n) is 9.84. The smallest absolute Gasteiger partial charge is 0.261 e. The molecule has 3 heteroatoms. The van der Waals surface area contributed by atoms with Crippen molar-refractivity contribution < 1.29 is 0 Å². The quantitative estimate of drug-likeness (QED) is 0.723. The van der Waals surface area contributed by atoms with Gasteiger partial charge in [0.2, 0.25) is 0 Å². The zero-order valence-corrected chi connectivity index (χ0v) is 9.84. The molecule has 1 unspecified atom stereocenters. The number of hydrogen-bond donors (Lipinski definition) is 0. The van der Waals surface area contributed by atoms with Gasteiger partial charge in [-0.15, -0.1) is 0 Å². The largest absolute Gasteiger partial charge is 0.296 e. The van der Waals surface area contributed by atoms with E-state index >= 15 is 0 Å². The third kappa shape index (κ3) is 1.85. The van der Waals surface area contributed by atoms with E-state index in [2.05, 4.69) is 18.0 Å². The SMILES string of the molecule is CC1C=Cc2ncn(C(C)C)c(=O)c2C=C1. The molecule has 0 saturated heterocycles. The standard InChI is InChI=1S/C13H16N2O/c1-9(2)15-8-14-12-7-5-10(3)4-6-11(12)13(15)16/h4-10H,1-3H3. The monoisotopic (exact) mass is 216 g/mol. The summed E-state index contributed by atoms with van der Waals surface area (Å²) < 4.78 is 1.66. The Kier molecular flexibility index (Phi) is 2.77. The third-order valence-electron chi connectivity index (χ3n) is 2.74. The Morgan fingerprint density at radius 1 is 1.31 bits per heavy atom. The van der Waals surface area contributed by atoms with Crippen molar-refractivity contribution in [2.24, 2.45) is 5.92 Å². The van der Waals surface area contributed by atoms with Gasteiger partial charge in [0.25, 0.3) is 5.56 Å². The van der Waals surface area contributed by atoms with Gasteiger partial charge in [-0.1, -0.05) is 25.2 Å². The fraction of sp³-hybridized carbons (Fsp3) is 0.385. The molecule has 1 aliphatic rings. The van der Waals surface area contributed by atoms with E-state index in [1.54, 1.807) is 10.9 Å². The Bertz CT molecular complexity index is 509. The van der Waals surface area contributed by atoms with Gasteiger partial charge in [-0.2, -0.15) is 0 Å². The molecule has 1 aliphatic carbocycles. The van der Waals surface area contributed by atoms with Crippen LogP contribution in [0, 0.1) is 5.92 Å². The number of allylic oxidation sites excluding steroid dienone is 2. The zero-order chi connectivity index (χ0) is 11.7. The highest BCUT2D eigenvalue weighted by molar-refractivity contribution is 5.64. The second kappa shape index (κ2) is 4.08. The third-order valence-corrected chi connectivity index (χ3v) is 2.74. The number of aromatic nitrogens is 2. The van der Waals surface area contributed by atoms with Crippen molar-refractivity contribution in [2.45, 2.75) is 26.8 Å². The summed E-state index contributed by atoms with van der Waals surface area (Å²) in [5.41, 5.74) is 1.49. The summed E-state index contributed by atoms with van der Waals surface area (Å²) in [5, 5.41) is 0. The number of rotatable bonds is 1. The van der Waals surface area contributed by atoms with E-state index in [9.17, 15) is 4.79 Å². The van der Waals surface area contributed by atoms with Crippen LogP contribution < -0.4 is 5.56 Å². The Morgan fingerprint density at radius 2 is 2.00 bits per heavy atom. The predicted octanol–water partition coefficient (Wildman–Crippen LogP) is 2.50. The van der Waals surface area contributed by atoms with Gasteiger partial charge >= 0.3 is 0 Å². The maximum absolute atomic E-state index is 12.2. The van der Waals surface area contributed by atoms with Gasteiger partial charge in [-0.05, 0) is 25.8 Å². The number of fused-ring (bicyclic) bond motifs is 1. The average molecular weight is 216 g/mol. The van der Waals surface area contributed by atoms with Crippen LogP contribution in [0.15, 0.2) is 23.3 Å². The van der Waals surface area contributed by atoms with Crippen molar-refractivity contribution in [2.75, 3.05) is 0 Å². The van der Waals surface area contributed by atoms with Crippen LogP contribution in [0.3, 0.4) is 0 Å². The summed E-state index contributed by atoms with van der Waals surface area (Å²) in [4.78, 5) is 16.5. The summed E-state index contributed by atoms with van der Waals surface area (Å²) in [6, 6.07) is 0.142. The molecule has 84 valence electrons. The first-order chi connectivity index (χ1) is 7.59. The van der Waals surface area contributed by atoms with E-state index in [1.807, 2.05) is 32.1 Å². The maximum Gasteiger partial charge on any atom is 0.261 e. The Labute approximate surface area is 95.1 Å². The van der Waals surface area contributed by atoms with Crippen LogP contribution in [0.5, 0.6) is 0 Å². The van der Waals surface area contributed by atoms with Crippen molar-refractivity contribution in [3.8, 4) is 0 Å². The van der Waals surface area contributed by atoms with Crippen LogP contribution in [0.1, 0.15) is 38.1 Å². The van der Waals surface area contributed by atoms with Crippen molar-refractivity contribution >= 4 is 12.2 Å². The molecule has 0 N–H and O–H groups in total. The molecule has 3 nitrogen and oxygen atoms in total. The minimum Gasteiger partial charge on any atom is -0.296 e. The first kappa shape index (κ1) is 10.9. The Morgan fingerprint density at radius 3 is 2.69 bits per heavy atom. The lowest BCUT2D eigenvalue weighted by atomic mass is 10.1. The average Bonchev–Trinajstić information content (AvgIpc) is 2.41. The van der Waals surface area contributed by atoms with Crippen LogP contribution >= 0.6 is 0 Å². The van der Waals surface area contributed by atoms with Gasteiger partial charge in [0, 0.05) is 6.04 Å². The van der Waals surface area contributed by atoms with Gasteiger partial charge in [-0.25, -0.2) is 4.98 Å². The summed E-state index contributed by atoms with van der Waals surface area (Å²) >= 11 is 0. The van der Waals surface area contributed by atoms with Gasteiger partial charge in [-0.3, -0.25) is 9.36 Å². The summed E-state index contributed by atoms with van der Waals surface area (Å²) in [5.74, 6) is 0.348. The number of hydrogen-bond acceptors (Lipinski definition) is 2. The molecule has 0 saturated carbocycles. The predicted molar refractivity (Wildman–Crippen MR) is 66.1 cm³/mol. The first-order valence-corrected chi connectivity index (χ1v) is 5.57. The minimum absolute atomic E-state index is 0.0370. The van der Waals surface area contributed by atoms with Gasteiger partial charge in [0.05, 0.1) is 17.6 Å². The second-order valence-corrected chi connectivity index (χ2v) is 4.43. The molecule has 0 radical (unpaired) electrons. The number of nitrogens with zero attached hydrogens (tertiary/aromatic N) is 2. The van der Waals surface area contributed by atoms with E-state index in [4.69, 9.17) is 0 Å². The summed E-state index contributed by atoms with van der Waals surface area (Å²) in [6.07, 6.45) is 9.50. The van der Waals surface area contributed by atoms with Crippen LogP contribution in [0.2, 0.25) is 0 Å². The highest BCUT2D eigenvalue weighted by Crippen LogP contribution is 2.15. The van der Waals surface area contributed by atoms with Gasteiger partial charge < -0.3 is 0 Å². The molecule has 1 aromatic heterocycles. The molecule has 0 aliphatic heterocycles. The first-order valence-electron chi connectivity index (χ1n) is 5.57. The van der Waals surface area contributed by atoms with Crippen molar-refractivity contribution in [3.63, 3.8) is 0 Å². The van der Waals surface area contributed by atoms with E-state index in [1.165, 1.54) is 0 Å². The molecule has 16 heavy (non-hydrogen) atoms. The molecule has 2 rings (SSSR count). The molecule has 0 aromatic carbocycles. The molecule has 0 bridgehead atoms. The molecule has 1 aromatic rings. The second-order valence-electron chi connectivity index (χ2n) is 4.43. The topological polar surface area (TPSA) is 34.9 Å². The van der Waals surface area contributed by atoms with Crippen molar-refractivity contribution in [3.05, 3.63) is 40.1 Å². The molecule has 0 fully saturated rings. The van der Waals surface area contributed by atoms with Crippen molar-refractivity contribution in [1.82, 2.24) is 9.55 Å². The van der Waals surface area contributed by atoms with Crippen LogP contribution in [-0.4, -0.2) is 9.55 Å². The lowest BCUT2D eigenvalue weighted by molar-refractivity contribution is 0.566. The van der Waals surface area contributed by atoms with Crippen molar-refractivity contribution in [1.29, 1.82) is 0 Å². The van der Waals surface area contributed by atoms with Gasteiger partial charge in [0.1, 0.15) is 0 Å². The van der Waals surface area contributed by atoms with E-state index in [0.29, 0.717) is 11.5 Å². The molecule has 0 amide bonds. The van der Waals surface area contributed by atoms with Crippen LogP contribution in [0.25, 0.3) is 12.2 Å². The summed E-state index contributed by atoms with van der Waals surface area (Å²) in [7, 11) is 0. The lowest BCUT2D eigenvalue weighted by Crippen LogP contribution is -2.25. The van der Waals surface area contributed by atoms with E-state index in [0.717, 1.165) is 5.69 Å². The fourth-order valence-corrected chi connectivity index (χ4v) is 1.71. The highest BCUT2D eigenvalue weighted by atomic mass is 16.1. The Hall–Kier alpha value is -1.64. The molecular weight excluding hydrogens is 200 g/mol. The Balaban J connectivity index is 2.64. The molecular formula is C13H16N2O.